The molecule has 0 heterocycles. The summed E-state index contributed by atoms with van der Waals surface area (Å²) < 4.78 is 27.6. The van der Waals surface area contributed by atoms with Gasteiger partial charge in [0.25, 0.3) is 0 Å². The third kappa shape index (κ3) is 3.59. The average molecular weight is 330 g/mol. The summed E-state index contributed by atoms with van der Waals surface area (Å²) in [7, 11) is -3.62. The van der Waals surface area contributed by atoms with Crippen LogP contribution in [0.3, 0.4) is 0 Å². The normalized spacial score (nSPS) is 19.2. The molecule has 2 N–H and O–H groups in total. The van der Waals surface area contributed by atoms with E-state index in [0.717, 1.165) is 0 Å². The van der Waals surface area contributed by atoms with Crippen LogP contribution >= 0.6 is 11.6 Å². The van der Waals surface area contributed by atoms with Gasteiger partial charge in [-0.1, -0.05) is 17.7 Å². The molecule has 0 radical (unpaired) electrons. The van der Waals surface area contributed by atoms with Gasteiger partial charge in [0.1, 0.15) is 4.90 Å². The minimum Gasteiger partial charge on any atom is -0.392 e. The topological polar surface area (TPSA) is 66.4 Å². The third-order valence-corrected chi connectivity index (χ3v) is 6.34. The van der Waals surface area contributed by atoms with E-state index in [0.29, 0.717) is 29.9 Å². The Balaban J connectivity index is 1.73. The van der Waals surface area contributed by atoms with E-state index in [-0.39, 0.29) is 16.5 Å². The zero-order chi connectivity index (χ0) is 15.0. The van der Waals surface area contributed by atoms with Crippen molar-refractivity contribution in [2.45, 2.75) is 37.2 Å². The molecule has 0 unspecified atom stereocenters. The van der Waals surface area contributed by atoms with Crippen LogP contribution in [-0.4, -0.2) is 20.1 Å². The number of hydrogen-bond donors (Lipinski definition) is 2. The summed E-state index contributed by atoms with van der Waals surface area (Å²) in [4.78, 5) is 0.0565. The highest BCUT2D eigenvalue weighted by atomic mass is 35.5. The van der Waals surface area contributed by atoms with Crippen molar-refractivity contribution in [3.63, 3.8) is 0 Å². The van der Waals surface area contributed by atoms with Crippen molar-refractivity contribution in [1.29, 1.82) is 0 Å². The Kier molecular flexibility index (Phi) is 4.28. The predicted octanol–water partition coefficient (Wildman–Crippen LogP) is 2.55. The van der Waals surface area contributed by atoms with Crippen molar-refractivity contribution < 1.29 is 13.5 Å². The van der Waals surface area contributed by atoms with Crippen LogP contribution in [0.25, 0.3) is 0 Å². The van der Waals surface area contributed by atoms with Gasteiger partial charge in [-0.05, 0) is 61.1 Å². The summed E-state index contributed by atoms with van der Waals surface area (Å²) >= 11 is 6.00. The smallest absolute Gasteiger partial charge is 0.242 e. The highest BCUT2D eigenvalue weighted by Crippen LogP contribution is 2.48. The van der Waals surface area contributed by atoms with E-state index < -0.39 is 10.0 Å². The van der Waals surface area contributed by atoms with Gasteiger partial charge >= 0.3 is 0 Å². The molecule has 0 aliphatic heterocycles. The Bertz CT molecular complexity index is 612. The molecular weight excluding hydrogens is 310 g/mol. The fourth-order valence-electron chi connectivity index (χ4n) is 2.90. The molecule has 0 aromatic heterocycles. The monoisotopic (exact) mass is 329 g/mol. The summed E-state index contributed by atoms with van der Waals surface area (Å²) in [6.45, 7) is 0.295. The fraction of sp³-hybridized carbons (Fsp3) is 0.600. The number of aliphatic hydroxyl groups excluding tert-OH is 1. The zero-order valence-corrected chi connectivity index (χ0v) is 13.3. The number of benzene rings is 1. The summed E-state index contributed by atoms with van der Waals surface area (Å²) in [5, 5.41) is 9.33. The van der Waals surface area contributed by atoms with Crippen molar-refractivity contribution in [3.05, 3.63) is 28.8 Å². The first kappa shape index (κ1) is 15.3. The molecule has 1 aromatic carbocycles. The first-order valence-corrected chi connectivity index (χ1v) is 9.26. The van der Waals surface area contributed by atoms with Crippen LogP contribution < -0.4 is 4.72 Å². The lowest BCUT2D eigenvalue weighted by Crippen LogP contribution is -2.31. The van der Waals surface area contributed by atoms with E-state index in [1.54, 1.807) is 6.07 Å². The second-order valence-electron chi connectivity index (χ2n) is 6.11. The van der Waals surface area contributed by atoms with Gasteiger partial charge in [-0.3, -0.25) is 0 Å². The lowest BCUT2D eigenvalue weighted by atomic mass is 9.99. The molecule has 2 aliphatic carbocycles. The van der Waals surface area contributed by atoms with Crippen LogP contribution in [0.2, 0.25) is 5.02 Å². The summed E-state index contributed by atoms with van der Waals surface area (Å²) in [5.41, 5.74) is 0.542. The van der Waals surface area contributed by atoms with E-state index in [9.17, 15) is 8.42 Å². The van der Waals surface area contributed by atoms with Crippen LogP contribution in [-0.2, 0) is 16.6 Å². The molecule has 0 amide bonds. The predicted molar refractivity (Wildman–Crippen MR) is 81.5 cm³/mol. The molecule has 2 saturated carbocycles. The van der Waals surface area contributed by atoms with E-state index in [1.165, 1.54) is 37.8 Å². The SMILES string of the molecule is O=S(=O)(NCC(C1CC1)C1CC1)c1cc(CO)ccc1Cl. The van der Waals surface area contributed by atoms with Crippen LogP contribution in [0, 0.1) is 17.8 Å². The van der Waals surface area contributed by atoms with Crippen LogP contribution in [0.15, 0.2) is 23.1 Å². The molecule has 2 fully saturated rings. The van der Waals surface area contributed by atoms with Crippen molar-refractivity contribution >= 4 is 21.6 Å². The highest BCUT2D eigenvalue weighted by molar-refractivity contribution is 7.89. The molecule has 3 rings (SSSR count). The molecule has 6 heteroatoms. The van der Waals surface area contributed by atoms with Gasteiger partial charge in [0.05, 0.1) is 11.6 Å². The van der Waals surface area contributed by atoms with Crippen molar-refractivity contribution in [1.82, 2.24) is 4.72 Å². The zero-order valence-electron chi connectivity index (χ0n) is 11.8. The molecule has 0 bridgehead atoms. The number of hydrogen-bond acceptors (Lipinski definition) is 3. The Morgan fingerprint density at radius 3 is 2.38 bits per heavy atom. The second kappa shape index (κ2) is 5.88. The lowest BCUT2D eigenvalue weighted by molar-refractivity contribution is 0.281. The summed E-state index contributed by atoms with van der Waals surface area (Å²) in [5.74, 6) is 1.86. The molecule has 2 aliphatic rings. The van der Waals surface area contributed by atoms with E-state index in [2.05, 4.69) is 4.72 Å². The van der Waals surface area contributed by atoms with Crippen molar-refractivity contribution in [3.8, 4) is 0 Å². The van der Waals surface area contributed by atoms with Gasteiger partial charge in [-0.2, -0.15) is 0 Å². The number of sulfonamides is 1. The maximum absolute atomic E-state index is 12.4. The van der Waals surface area contributed by atoms with Gasteiger partial charge in [0, 0.05) is 6.54 Å². The van der Waals surface area contributed by atoms with Crippen LogP contribution in [0.5, 0.6) is 0 Å². The lowest BCUT2D eigenvalue weighted by Gasteiger charge is -2.17. The Labute approximate surface area is 130 Å². The number of halogens is 1. The third-order valence-electron chi connectivity index (χ3n) is 4.43. The highest BCUT2D eigenvalue weighted by Gasteiger charge is 2.41. The van der Waals surface area contributed by atoms with Crippen molar-refractivity contribution in [2.75, 3.05) is 6.54 Å². The first-order valence-electron chi connectivity index (χ1n) is 7.40. The van der Waals surface area contributed by atoms with Gasteiger partial charge in [0.15, 0.2) is 0 Å². The molecule has 0 spiro atoms. The Morgan fingerprint density at radius 1 is 1.24 bits per heavy atom. The summed E-state index contributed by atoms with van der Waals surface area (Å²) in [6, 6.07) is 4.58. The van der Waals surface area contributed by atoms with Crippen LogP contribution in [0.4, 0.5) is 0 Å². The minimum atomic E-state index is -3.62. The minimum absolute atomic E-state index is 0.0565. The first-order chi connectivity index (χ1) is 10.0. The molecule has 21 heavy (non-hydrogen) atoms. The molecule has 0 saturated heterocycles. The van der Waals surface area contributed by atoms with Crippen molar-refractivity contribution in [2.24, 2.45) is 17.8 Å². The molecule has 4 nitrogen and oxygen atoms in total. The molecule has 116 valence electrons. The number of rotatable bonds is 7. The quantitative estimate of drug-likeness (QED) is 0.808. The number of nitrogens with one attached hydrogen (secondary N) is 1. The van der Waals surface area contributed by atoms with Gasteiger partial charge in [0.2, 0.25) is 10.0 Å². The van der Waals surface area contributed by atoms with Crippen LogP contribution in [0.1, 0.15) is 31.2 Å². The summed E-state index contributed by atoms with van der Waals surface area (Å²) in [6.07, 6.45) is 4.90. The second-order valence-corrected chi connectivity index (χ2v) is 8.26. The van der Waals surface area contributed by atoms with E-state index >= 15 is 0 Å². The Morgan fingerprint density at radius 2 is 1.86 bits per heavy atom. The molecule has 0 atom stereocenters. The largest absolute Gasteiger partial charge is 0.392 e. The average Bonchev–Trinajstić information content (AvgIpc) is 3.33. The molecular formula is C15H20ClNO3S. The maximum atomic E-state index is 12.4. The fourth-order valence-corrected chi connectivity index (χ4v) is 4.52. The van der Waals surface area contributed by atoms with E-state index in [1.807, 2.05) is 0 Å². The van der Waals surface area contributed by atoms with Gasteiger partial charge in [-0.25, -0.2) is 13.1 Å². The van der Waals surface area contributed by atoms with E-state index in [4.69, 9.17) is 16.7 Å². The van der Waals surface area contributed by atoms with Gasteiger partial charge in [-0.15, -0.1) is 0 Å². The number of aliphatic hydroxyl groups is 1. The van der Waals surface area contributed by atoms with Gasteiger partial charge < -0.3 is 5.11 Å². The Hall–Kier alpha value is -0.620. The maximum Gasteiger partial charge on any atom is 0.242 e. The molecule has 1 aromatic rings. The standard InChI is InChI=1S/C15H20ClNO3S/c16-14-6-1-10(9-18)7-15(14)21(19,20)17-8-13(11-2-3-11)12-4-5-12/h1,6-7,11-13,17-18H,2-5,8-9H2.